The summed E-state index contributed by atoms with van der Waals surface area (Å²) in [4.78, 5) is 19.4. The predicted molar refractivity (Wildman–Crippen MR) is 138 cm³/mol. The molecule has 1 fully saturated rings. The number of halogens is 1. The van der Waals surface area contributed by atoms with Crippen LogP contribution in [0.1, 0.15) is 17.0 Å². The number of hydrogen-bond acceptors (Lipinski definition) is 4. The number of carbonyl (C=O) groups excluding carboxylic acids is 1. The molecule has 2 N–H and O–H groups in total. The fourth-order valence-corrected chi connectivity index (χ4v) is 3.57. The summed E-state index contributed by atoms with van der Waals surface area (Å²) in [6, 6.07) is 18.0. The van der Waals surface area contributed by atoms with Crippen molar-refractivity contribution < 1.29 is 14.3 Å². The molecule has 0 radical (unpaired) electrons. The van der Waals surface area contributed by atoms with E-state index in [1.165, 1.54) is 5.56 Å². The summed E-state index contributed by atoms with van der Waals surface area (Å²) < 4.78 is 10.6. The Morgan fingerprint density at radius 2 is 1.78 bits per heavy atom. The molecular weight excluding hydrogens is 519 g/mol. The number of guanidine groups is 1. The maximum atomic E-state index is 13.2. The maximum Gasteiger partial charge on any atom is 0.232 e. The van der Waals surface area contributed by atoms with E-state index in [1.807, 2.05) is 47.4 Å². The SMILES string of the molecule is CN=C(NCCc1ccc(OC)cc1)NCC(C(=O)N1CCOCC1)c1ccccc1.I. The first-order chi connectivity index (χ1) is 15.2. The Kier molecular flexibility index (Phi) is 11.3. The molecule has 0 spiro atoms. The highest BCUT2D eigenvalue weighted by molar-refractivity contribution is 14.0. The van der Waals surface area contributed by atoms with Crippen molar-refractivity contribution in [2.24, 2.45) is 4.99 Å². The molecule has 1 saturated heterocycles. The summed E-state index contributed by atoms with van der Waals surface area (Å²) in [5.41, 5.74) is 2.22. The van der Waals surface area contributed by atoms with Crippen molar-refractivity contribution in [3.05, 3.63) is 65.7 Å². The molecule has 1 aliphatic rings. The van der Waals surface area contributed by atoms with Crippen molar-refractivity contribution in [2.45, 2.75) is 12.3 Å². The largest absolute Gasteiger partial charge is 0.497 e. The molecule has 174 valence electrons. The zero-order valence-corrected chi connectivity index (χ0v) is 21.1. The van der Waals surface area contributed by atoms with Gasteiger partial charge in [-0.1, -0.05) is 42.5 Å². The lowest BCUT2D eigenvalue weighted by Gasteiger charge is -2.31. The summed E-state index contributed by atoms with van der Waals surface area (Å²) >= 11 is 0. The zero-order chi connectivity index (χ0) is 21.9. The summed E-state index contributed by atoms with van der Waals surface area (Å²) in [6.07, 6.45) is 0.861. The summed E-state index contributed by atoms with van der Waals surface area (Å²) in [7, 11) is 3.41. The smallest absolute Gasteiger partial charge is 0.232 e. The lowest BCUT2D eigenvalue weighted by molar-refractivity contribution is -0.136. The molecule has 1 heterocycles. The lowest BCUT2D eigenvalue weighted by Crippen LogP contribution is -2.47. The molecule has 32 heavy (non-hydrogen) atoms. The van der Waals surface area contributed by atoms with Crippen LogP contribution in [0.5, 0.6) is 5.75 Å². The topological polar surface area (TPSA) is 75.2 Å². The third-order valence-corrected chi connectivity index (χ3v) is 5.39. The van der Waals surface area contributed by atoms with E-state index in [9.17, 15) is 4.79 Å². The Balaban J connectivity index is 0.00000363. The maximum absolute atomic E-state index is 13.2. The van der Waals surface area contributed by atoms with Gasteiger partial charge in [-0.15, -0.1) is 24.0 Å². The molecule has 0 aliphatic carbocycles. The first-order valence-corrected chi connectivity index (χ1v) is 10.7. The Morgan fingerprint density at radius 1 is 1.09 bits per heavy atom. The van der Waals surface area contributed by atoms with Gasteiger partial charge >= 0.3 is 0 Å². The predicted octanol–water partition coefficient (Wildman–Crippen LogP) is 2.66. The molecule has 3 rings (SSSR count). The van der Waals surface area contributed by atoms with Crippen molar-refractivity contribution in [3.63, 3.8) is 0 Å². The van der Waals surface area contributed by atoms with Gasteiger partial charge in [0, 0.05) is 33.2 Å². The Morgan fingerprint density at radius 3 is 2.41 bits per heavy atom. The fraction of sp³-hybridized carbons (Fsp3) is 0.417. The van der Waals surface area contributed by atoms with Gasteiger partial charge in [-0.25, -0.2) is 0 Å². The number of amides is 1. The van der Waals surface area contributed by atoms with E-state index >= 15 is 0 Å². The number of carbonyl (C=O) groups is 1. The second-order valence-corrected chi connectivity index (χ2v) is 7.38. The van der Waals surface area contributed by atoms with Crippen molar-refractivity contribution in [1.29, 1.82) is 0 Å². The number of rotatable bonds is 8. The van der Waals surface area contributed by atoms with E-state index in [2.05, 4.69) is 27.8 Å². The standard InChI is InChI=1S/C24H32N4O3.HI/c1-25-24(26-13-12-19-8-10-21(30-2)11-9-19)27-18-22(20-6-4-3-5-7-20)23(29)28-14-16-31-17-15-28;/h3-11,22H,12-18H2,1-2H3,(H2,25,26,27);1H. The molecule has 1 aliphatic heterocycles. The first-order valence-electron chi connectivity index (χ1n) is 10.7. The minimum absolute atomic E-state index is 0. The summed E-state index contributed by atoms with van der Waals surface area (Å²) in [5.74, 6) is 1.38. The van der Waals surface area contributed by atoms with Gasteiger partial charge in [0.25, 0.3) is 0 Å². The lowest BCUT2D eigenvalue weighted by atomic mass is 9.97. The molecule has 7 nitrogen and oxygen atoms in total. The number of nitrogens with zero attached hydrogens (tertiary/aromatic N) is 2. The zero-order valence-electron chi connectivity index (χ0n) is 18.8. The van der Waals surface area contributed by atoms with Crippen LogP contribution in [-0.2, 0) is 16.0 Å². The Hall–Kier alpha value is -2.33. The number of methoxy groups -OCH3 is 1. The van der Waals surface area contributed by atoms with Gasteiger partial charge in [0.1, 0.15) is 5.75 Å². The highest BCUT2D eigenvalue weighted by Crippen LogP contribution is 2.19. The number of benzene rings is 2. The first kappa shape index (κ1) is 25.9. The van der Waals surface area contributed by atoms with E-state index in [0.717, 1.165) is 24.3 Å². The van der Waals surface area contributed by atoms with Crippen LogP contribution in [0, 0.1) is 0 Å². The highest BCUT2D eigenvalue weighted by atomic mass is 127. The molecule has 0 saturated carbocycles. The van der Waals surface area contributed by atoms with Crippen molar-refractivity contribution in [3.8, 4) is 5.75 Å². The normalized spacial score (nSPS) is 14.8. The molecule has 0 aromatic heterocycles. The number of hydrogen-bond donors (Lipinski definition) is 2. The van der Waals surface area contributed by atoms with E-state index in [0.29, 0.717) is 38.8 Å². The van der Waals surface area contributed by atoms with Crippen LogP contribution >= 0.6 is 24.0 Å². The van der Waals surface area contributed by atoms with Crippen LogP contribution in [0.2, 0.25) is 0 Å². The van der Waals surface area contributed by atoms with Crippen molar-refractivity contribution in [2.75, 3.05) is 53.6 Å². The second-order valence-electron chi connectivity index (χ2n) is 7.38. The van der Waals surface area contributed by atoms with Gasteiger partial charge in [0.05, 0.1) is 26.2 Å². The van der Waals surface area contributed by atoms with Crippen LogP contribution < -0.4 is 15.4 Å². The molecule has 8 heteroatoms. The molecule has 1 amide bonds. The second kappa shape index (κ2) is 13.9. The Labute approximate surface area is 207 Å². The minimum atomic E-state index is -0.278. The number of aliphatic imine (C=N–C) groups is 1. The van der Waals surface area contributed by atoms with Crippen LogP contribution in [0.15, 0.2) is 59.6 Å². The van der Waals surface area contributed by atoms with Crippen LogP contribution in [0.3, 0.4) is 0 Å². The van der Waals surface area contributed by atoms with E-state index < -0.39 is 0 Å². The van der Waals surface area contributed by atoms with Gasteiger partial charge in [-0.2, -0.15) is 0 Å². The van der Waals surface area contributed by atoms with Crippen LogP contribution in [-0.4, -0.2) is 70.3 Å². The summed E-state index contributed by atoms with van der Waals surface area (Å²) in [6.45, 7) is 3.67. The van der Waals surface area contributed by atoms with Gasteiger partial charge in [-0.05, 0) is 29.7 Å². The van der Waals surface area contributed by atoms with Crippen molar-refractivity contribution >= 4 is 35.8 Å². The van der Waals surface area contributed by atoms with Gasteiger partial charge < -0.3 is 25.0 Å². The number of ether oxygens (including phenoxy) is 2. The average Bonchev–Trinajstić information content (AvgIpc) is 2.84. The van der Waals surface area contributed by atoms with Gasteiger partial charge in [0.15, 0.2) is 5.96 Å². The van der Waals surface area contributed by atoms with E-state index in [1.54, 1.807) is 14.2 Å². The van der Waals surface area contributed by atoms with Gasteiger partial charge in [0.2, 0.25) is 5.91 Å². The fourth-order valence-electron chi connectivity index (χ4n) is 3.57. The average molecular weight is 552 g/mol. The van der Waals surface area contributed by atoms with E-state index in [4.69, 9.17) is 9.47 Å². The third kappa shape index (κ3) is 7.67. The van der Waals surface area contributed by atoms with E-state index in [-0.39, 0.29) is 35.8 Å². The molecular formula is C24H33IN4O3. The highest BCUT2D eigenvalue weighted by Gasteiger charge is 2.27. The molecule has 0 bridgehead atoms. The summed E-state index contributed by atoms with van der Waals surface area (Å²) in [5, 5.41) is 6.67. The van der Waals surface area contributed by atoms with Gasteiger partial charge in [-0.3, -0.25) is 9.79 Å². The molecule has 2 aromatic rings. The molecule has 1 unspecified atom stereocenters. The Bertz CT molecular complexity index is 840. The monoisotopic (exact) mass is 552 g/mol. The molecule has 2 aromatic carbocycles. The minimum Gasteiger partial charge on any atom is -0.497 e. The number of morpholine rings is 1. The quantitative estimate of drug-likeness (QED) is 0.300. The van der Waals surface area contributed by atoms with Crippen LogP contribution in [0.25, 0.3) is 0 Å². The van der Waals surface area contributed by atoms with Crippen molar-refractivity contribution in [1.82, 2.24) is 15.5 Å². The third-order valence-electron chi connectivity index (χ3n) is 5.39. The number of nitrogens with one attached hydrogen (secondary N) is 2. The van der Waals surface area contributed by atoms with Crippen LogP contribution in [0.4, 0.5) is 0 Å². The molecule has 1 atom stereocenters.